The minimum absolute atomic E-state index is 0.173. The summed E-state index contributed by atoms with van der Waals surface area (Å²) < 4.78 is 0. The van der Waals surface area contributed by atoms with Gasteiger partial charge in [-0.25, -0.2) is 0 Å². The molecule has 0 aromatic heterocycles. The Labute approximate surface area is 174 Å². The van der Waals surface area contributed by atoms with E-state index in [1.807, 2.05) is 0 Å². The number of carbonyl (C=O) groups excluding carboxylic acids is 4. The summed E-state index contributed by atoms with van der Waals surface area (Å²) in [6, 6.07) is 0. The molecule has 154 valence electrons. The first-order valence-corrected chi connectivity index (χ1v) is 12.0. The van der Waals surface area contributed by atoms with E-state index in [0.717, 1.165) is 24.3 Å². The second kappa shape index (κ2) is 10.3. The molecular weight excluding hydrogens is 396 g/mol. The monoisotopic (exact) mass is 424 g/mol. The van der Waals surface area contributed by atoms with E-state index in [0.29, 0.717) is 36.1 Å². The number of hydrogen-bond acceptors (Lipinski definition) is 6. The third-order valence-corrected chi connectivity index (χ3v) is 7.75. The predicted molar refractivity (Wildman–Crippen MR) is 113 cm³/mol. The maximum atomic E-state index is 11.9. The molecule has 0 spiro atoms. The fourth-order valence-electron chi connectivity index (χ4n) is 2.89. The molecule has 0 saturated heterocycles. The SMILES string of the molecule is CC1=CC(=O)N(CCC(C)CSSCC(C)CCN2C(=O)C=C(C)C2=O)C1=O. The maximum Gasteiger partial charge on any atom is 0.256 e. The van der Waals surface area contributed by atoms with Gasteiger partial charge in [-0.3, -0.25) is 29.0 Å². The molecule has 0 fully saturated rings. The molecule has 0 aliphatic carbocycles. The molecule has 8 heteroatoms. The highest BCUT2D eigenvalue weighted by Crippen LogP contribution is 2.28. The summed E-state index contributed by atoms with van der Waals surface area (Å²) in [6.45, 7) is 8.54. The van der Waals surface area contributed by atoms with Crippen molar-refractivity contribution in [3.8, 4) is 0 Å². The van der Waals surface area contributed by atoms with Crippen LogP contribution in [0.5, 0.6) is 0 Å². The lowest BCUT2D eigenvalue weighted by Gasteiger charge is -2.18. The third-order valence-electron chi connectivity index (χ3n) is 4.86. The number of hydrogen-bond donors (Lipinski definition) is 0. The van der Waals surface area contributed by atoms with Gasteiger partial charge in [0.2, 0.25) is 0 Å². The minimum atomic E-state index is -0.203. The standard InChI is InChI=1S/C20H28N2O4S2/c1-13(5-7-21-17(23)9-15(3)19(21)25)11-27-28-12-14(2)6-8-22-18(24)10-16(4)20(22)26/h9-10,13-14H,5-8,11-12H2,1-4H3. The Hall–Kier alpha value is -1.54. The molecule has 0 bridgehead atoms. The van der Waals surface area contributed by atoms with E-state index in [4.69, 9.17) is 0 Å². The Morgan fingerprint density at radius 1 is 0.750 bits per heavy atom. The zero-order chi connectivity index (χ0) is 20.8. The van der Waals surface area contributed by atoms with Crippen molar-refractivity contribution in [3.05, 3.63) is 23.3 Å². The van der Waals surface area contributed by atoms with Gasteiger partial charge in [0.15, 0.2) is 0 Å². The topological polar surface area (TPSA) is 74.8 Å². The predicted octanol–water partition coefficient (Wildman–Crippen LogP) is 3.05. The smallest absolute Gasteiger partial charge is 0.256 e. The first-order valence-electron chi connectivity index (χ1n) is 9.53. The van der Waals surface area contributed by atoms with Crippen molar-refractivity contribution in [2.24, 2.45) is 11.8 Å². The second-order valence-corrected chi connectivity index (χ2v) is 10.2. The van der Waals surface area contributed by atoms with Gasteiger partial charge in [-0.2, -0.15) is 0 Å². The van der Waals surface area contributed by atoms with Gasteiger partial charge in [0, 0.05) is 47.9 Å². The molecular formula is C20H28N2O4S2. The van der Waals surface area contributed by atoms with Gasteiger partial charge in [-0.05, 0) is 38.5 Å². The van der Waals surface area contributed by atoms with E-state index < -0.39 is 0 Å². The maximum absolute atomic E-state index is 11.9. The molecule has 2 heterocycles. The number of carbonyl (C=O) groups is 4. The summed E-state index contributed by atoms with van der Waals surface area (Å²) in [4.78, 5) is 49.8. The van der Waals surface area contributed by atoms with Crippen LogP contribution in [0, 0.1) is 11.8 Å². The lowest BCUT2D eigenvalue weighted by Crippen LogP contribution is -2.32. The zero-order valence-corrected chi connectivity index (χ0v) is 18.5. The molecule has 28 heavy (non-hydrogen) atoms. The Morgan fingerprint density at radius 2 is 1.11 bits per heavy atom. The molecule has 0 radical (unpaired) electrons. The van der Waals surface area contributed by atoms with Gasteiger partial charge in [-0.1, -0.05) is 35.4 Å². The summed E-state index contributed by atoms with van der Waals surface area (Å²) in [5.74, 6) is 1.96. The van der Waals surface area contributed by atoms with Gasteiger partial charge in [0.1, 0.15) is 0 Å². The average Bonchev–Trinajstić information content (AvgIpc) is 3.02. The van der Waals surface area contributed by atoms with Crippen LogP contribution in [0.3, 0.4) is 0 Å². The van der Waals surface area contributed by atoms with Gasteiger partial charge in [0.05, 0.1) is 0 Å². The number of imide groups is 2. The van der Waals surface area contributed by atoms with E-state index in [1.165, 1.54) is 22.0 Å². The molecule has 0 saturated carbocycles. The van der Waals surface area contributed by atoms with Crippen molar-refractivity contribution in [2.45, 2.75) is 40.5 Å². The molecule has 2 unspecified atom stereocenters. The van der Waals surface area contributed by atoms with Crippen LogP contribution < -0.4 is 0 Å². The van der Waals surface area contributed by atoms with E-state index in [9.17, 15) is 19.2 Å². The van der Waals surface area contributed by atoms with Crippen LogP contribution in [-0.2, 0) is 19.2 Å². The van der Waals surface area contributed by atoms with Crippen LogP contribution in [-0.4, -0.2) is 58.0 Å². The van der Waals surface area contributed by atoms with Crippen molar-refractivity contribution >= 4 is 45.2 Å². The summed E-state index contributed by atoms with van der Waals surface area (Å²) in [5.41, 5.74) is 1.03. The van der Waals surface area contributed by atoms with Crippen molar-refractivity contribution in [1.29, 1.82) is 0 Å². The Kier molecular flexibility index (Phi) is 8.37. The first-order chi connectivity index (χ1) is 13.2. The molecule has 2 aliphatic rings. The van der Waals surface area contributed by atoms with Gasteiger partial charge >= 0.3 is 0 Å². The van der Waals surface area contributed by atoms with Crippen LogP contribution in [0.2, 0.25) is 0 Å². The van der Waals surface area contributed by atoms with Crippen molar-refractivity contribution in [1.82, 2.24) is 9.80 Å². The minimum Gasteiger partial charge on any atom is -0.275 e. The number of amides is 4. The van der Waals surface area contributed by atoms with Crippen LogP contribution in [0.15, 0.2) is 23.3 Å². The lowest BCUT2D eigenvalue weighted by molar-refractivity contribution is -0.138. The van der Waals surface area contributed by atoms with E-state index in [-0.39, 0.29) is 23.6 Å². The molecule has 0 aromatic carbocycles. The van der Waals surface area contributed by atoms with Crippen molar-refractivity contribution in [3.63, 3.8) is 0 Å². The van der Waals surface area contributed by atoms with Crippen LogP contribution in [0.1, 0.15) is 40.5 Å². The van der Waals surface area contributed by atoms with Crippen LogP contribution >= 0.6 is 21.6 Å². The summed E-state index contributed by atoms with van der Waals surface area (Å²) in [5, 5.41) is 0. The third kappa shape index (κ3) is 5.98. The highest BCUT2D eigenvalue weighted by Gasteiger charge is 2.29. The normalized spacial score (nSPS) is 19.4. The van der Waals surface area contributed by atoms with Crippen molar-refractivity contribution < 1.29 is 19.2 Å². The summed E-state index contributed by atoms with van der Waals surface area (Å²) >= 11 is 0. The fraction of sp³-hybridized carbons (Fsp3) is 0.600. The number of nitrogens with zero attached hydrogens (tertiary/aromatic N) is 2. The molecule has 4 amide bonds. The zero-order valence-electron chi connectivity index (χ0n) is 16.9. The molecule has 0 aromatic rings. The Balaban J connectivity index is 1.56. The molecule has 0 N–H and O–H groups in total. The lowest BCUT2D eigenvalue weighted by atomic mass is 10.1. The van der Waals surface area contributed by atoms with Gasteiger partial charge in [-0.15, -0.1) is 0 Å². The van der Waals surface area contributed by atoms with E-state index in [2.05, 4.69) is 13.8 Å². The van der Waals surface area contributed by atoms with Crippen LogP contribution in [0.4, 0.5) is 0 Å². The molecule has 6 nitrogen and oxygen atoms in total. The summed E-state index contributed by atoms with van der Waals surface area (Å²) in [6.07, 6.45) is 4.40. The molecule has 2 atom stereocenters. The highest BCUT2D eigenvalue weighted by atomic mass is 33.1. The highest BCUT2D eigenvalue weighted by molar-refractivity contribution is 8.76. The molecule has 2 aliphatic heterocycles. The number of rotatable bonds is 11. The fourth-order valence-corrected chi connectivity index (χ4v) is 5.85. The average molecular weight is 425 g/mol. The largest absolute Gasteiger partial charge is 0.275 e. The first kappa shape index (κ1) is 22.7. The van der Waals surface area contributed by atoms with Gasteiger partial charge < -0.3 is 0 Å². The molecule has 2 rings (SSSR count). The Bertz CT molecular complexity index is 657. The second-order valence-electron chi connectivity index (χ2n) is 7.60. The van der Waals surface area contributed by atoms with E-state index >= 15 is 0 Å². The van der Waals surface area contributed by atoms with E-state index in [1.54, 1.807) is 35.4 Å². The Morgan fingerprint density at radius 3 is 1.39 bits per heavy atom. The van der Waals surface area contributed by atoms with Crippen LogP contribution in [0.25, 0.3) is 0 Å². The quantitative estimate of drug-likeness (QED) is 0.288. The van der Waals surface area contributed by atoms with Crippen molar-refractivity contribution in [2.75, 3.05) is 24.6 Å². The summed E-state index contributed by atoms with van der Waals surface area (Å²) in [7, 11) is 3.58. The van der Waals surface area contributed by atoms with Gasteiger partial charge in [0.25, 0.3) is 23.6 Å².